The summed E-state index contributed by atoms with van der Waals surface area (Å²) in [5.74, 6) is 0.552. The van der Waals surface area contributed by atoms with Gasteiger partial charge in [0.2, 0.25) is 3.79 Å². The zero-order valence-electron chi connectivity index (χ0n) is 8.63. The largest absolute Gasteiger partial charge is 0.497 e. The topological polar surface area (TPSA) is 55.0 Å². The number of nitrogens with one attached hydrogen (secondary N) is 1. The lowest BCUT2D eigenvalue weighted by atomic mass is 10.2. The van der Waals surface area contributed by atoms with E-state index in [2.05, 4.69) is 9.97 Å². The van der Waals surface area contributed by atoms with E-state index in [0.717, 1.165) is 0 Å². The van der Waals surface area contributed by atoms with Crippen molar-refractivity contribution in [3.05, 3.63) is 34.4 Å². The summed E-state index contributed by atoms with van der Waals surface area (Å²) in [6.45, 7) is 0. The number of ether oxygens (including phenoxy) is 1. The second kappa shape index (κ2) is 4.37. The molecule has 0 atom stereocenters. The number of aromatic amines is 1. The zero-order chi connectivity index (χ0) is 12.6. The Morgan fingerprint density at radius 3 is 2.65 bits per heavy atom. The molecule has 0 aliphatic rings. The monoisotopic (exact) mass is 292 g/mol. The highest BCUT2D eigenvalue weighted by molar-refractivity contribution is 6.66. The van der Waals surface area contributed by atoms with Crippen molar-refractivity contribution >= 4 is 45.7 Å². The van der Waals surface area contributed by atoms with E-state index in [1.807, 2.05) is 0 Å². The average Bonchev–Trinajstić information content (AvgIpc) is 2.27. The van der Waals surface area contributed by atoms with E-state index in [4.69, 9.17) is 39.5 Å². The highest BCUT2D eigenvalue weighted by Gasteiger charge is 2.26. The van der Waals surface area contributed by atoms with Crippen LogP contribution >= 0.6 is 34.8 Å². The number of H-pyrrole nitrogens is 1. The summed E-state index contributed by atoms with van der Waals surface area (Å²) in [6.07, 6.45) is 0. The maximum atomic E-state index is 11.8. The minimum Gasteiger partial charge on any atom is -0.497 e. The number of benzene rings is 1. The molecule has 0 amide bonds. The number of alkyl halides is 3. The molecule has 1 aromatic heterocycles. The molecule has 17 heavy (non-hydrogen) atoms. The SMILES string of the molecule is COc1ccc2nc(C(Cl)(Cl)Cl)[nH]c(=O)c2c1. The quantitative estimate of drug-likeness (QED) is 0.823. The van der Waals surface area contributed by atoms with E-state index in [1.54, 1.807) is 18.2 Å². The molecule has 0 radical (unpaired) electrons. The molecule has 1 N–H and O–H groups in total. The Labute approximate surface area is 111 Å². The Morgan fingerprint density at radius 1 is 1.35 bits per heavy atom. The molecular formula is C10H7Cl3N2O2. The van der Waals surface area contributed by atoms with E-state index in [0.29, 0.717) is 16.7 Å². The van der Waals surface area contributed by atoms with Crippen LogP contribution in [0.15, 0.2) is 23.0 Å². The Bertz CT molecular complexity index is 619. The van der Waals surface area contributed by atoms with Gasteiger partial charge >= 0.3 is 0 Å². The fourth-order valence-corrected chi connectivity index (χ4v) is 1.65. The van der Waals surface area contributed by atoms with Crippen molar-refractivity contribution in [2.24, 2.45) is 0 Å². The Balaban J connectivity index is 2.73. The molecule has 2 aromatic rings. The van der Waals surface area contributed by atoms with Crippen molar-refractivity contribution in [3.63, 3.8) is 0 Å². The van der Waals surface area contributed by atoms with Gasteiger partial charge in [-0.15, -0.1) is 0 Å². The number of hydrogen-bond acceptors (Lipinski definition) is 3. The number of methoxy groups -OCH3 is 1. The highest BCUT2D eigenvalue weighted by Crippen LogP contribution is 2.35. The second-order valence-electron chi connectivity index (χ2n) is 3.30. The van der Waals surface area contributed by atoms with Gasteiger partial charge in [0.1, 0.15) is 5.75 Å². The van der Waals surface area contributed by atoms with Crippen molar-refractivity contribution in [1.29, 1.82) is 0 Å². The van der Waals surface area contributed by atoms with Gasteiger partial charge in [-0.25, -0.2) is 4.98 Å². The van der Waals surface area contributed by atoms with Crippen LogP contribution in [0, 0.1) is 0 Å². The first kappa shape index (κ1) is 12.5. The molecule has 0 spiro atoms. The van der Waals surface area contributed by atoms with E-state index in [-0.39, 0.29) is 11.4 Å². The summed E-state index contributed by atoms with van der Waals surface area (Å²) in [5.41, 5.74) is 0.0612. The van der Waals surface area contributed by atoms with Crippen molar-refractivity contribution in [2.45, 2.75) is 3.79 Å². The van der Waals surface area contributed by atoms with Crippen LogP contribution in [0.25, 0.3) is 10.9 Å². The molecule has 0 saturated heterocycles. The summed E-state index contributed by atoms with van der Waals surface area (Å²) in [6, 6.07) is 4.88. The van der Waals surface area contributed by atoms with E-state index in [9.17, 15) is 4.79 Å². The fraction of sp³-hybridized carbons (Fsp3) is 0.200. The maximum absolute atomic E-state index is 11.8. The van der Waals surface area contributed by atoms with Crippen LogP contribution in [0.4, 0.5) is 0 Å². The van der Waals surface area contributed by atoms with Gasteiger partial charge in [-0.1, -0.05) is 34.8 Å². The summed E-state index contributed by atoms with van der Waals surface area (Å²) in [5, 5.41) is 0.377. The van der Waals surface area contributed by atoms with Crippen LogP contribution in [-0.2, 0) is 3.79 Å². The molecule has 0 aliphatic heterocycles. The fourth-order valence-electron chi connectivity index (χ4n) is 1.38. The summed E-state index contributed by atoms with van der Waals surface area (Å²) in [4.78, 5) is 18.3. The molecule has 4 nitrogen and oxygen atoms in total. The minimum absolute atomic E-state index is 0.00910. The van der Waals surface area contributed by atoms with E-state index >= 15 is 0 Å². The molecule has 0 fully saturated rings. The molecule has 0 unspecified atom stereocenters. The molecule has 0 saturated carbocycles. The lowest BCUT2D eigenvalue weighted by molar-refractivity contribution is 0.415. The van der Waals surface area contributed by atoms with Crippen molar-refractivity contribution < 1.29 is 4.74 Å². The molecule has 1 heterocycles. The van der Waals surface area contributed by atoms with Crippen LogP contribution in [0.2, 0.25) is 0 Å². The molecule has 0 bridgehead atoms. The lowest BCUT2D eigenvalue weighted by Crippen LogP contribution is -2.17. The van der Waals surface area contributed by atoms with Gasteiger partial charge in [-0.3, -0.25) is 4.79 Å². The van der Waals surface area contributed by atoms with Gasteiger partial charge in [-0.2, -0.15) is 0 Å². The summed E-state index contributed by atoms with van der Waals surface area (Å²) >= 11 is 17.0. The minimum atomic E-state index is -1.76. The molecule has 1 aromatic carbocycles. The number of halogens is 3. The van der Waals surface area contributed by atoms with Crippen molar-refractivity contribution in [3.8, 4) is 5.75 Å². The third-order valence-corrected chi connectivity index (χ3v) is 2.72. The molecular weight excluding hydrogens is 286 g/mol. The number of fused-ring (bicyclic) bond motifs is 1. The molecule has 0 aliphatic carbocycles. The van der Waals surface area contributed by atoms with Crippen LogP contribution in [0.1, 0.15) is 5.82 Å². The summed E-state index contributed by atoms with van der Waals surface area (Å²) < 4.78 is 3.26. The molecule has 2 rings (SSSR count). The molecule has 90 valence electrons. The first-order valence-electron chi connectivity index (χ1n) is 4.57. The first-order chi connectivity index (χ1) is 7.91. The standard InChI is InChI=1S/C10H7Cl3N2O2/c1-17-5-2-3-7-6(4-5)8(16)15-9(14-7)10(11,12)13/h2-4H,1H3,(H,14,15,16). The van der Waals surface area contributed by atoms with Crippen LogP contribution < -0.4 is 10.3 Å². The van der Waals surface area contributed by atoms with Gasteiger partial charge in [0, 0.05) is 0 Å². The normalized spacial score (nSPS) is 11.8. The number of rotatable bonds is 1. The Morgan fingerprint density at radius 2 is 2.06 bits per heavy atom. The van der Waals surface area contributed by atoms with Crippen molar-refractivity contribution in [2.75, 3.05) is 7.11 Å². The Hall–Kier alpha value is -0.970. The first-order valence-corrected chi connectivity index (χ1v) is 5.70. The van der Waals surface area contributed by atoms with E-state index in [1.165, 1.54) is 7.11 Å². The van der Waals surface area contributed by atoms with Crippen LogP contribution in [0.5, 0.6) is 5.75 Å². The smallest absolute Gasteiger partial charge is 0.259 e. The third-order valence-electron chi connectivity index (χ3n) is 2.18. The molecule has 7 heteroatoms. The Kier molecular flexibility index (Phi) is 3.21. The van der Waals surface area contributed by atoms with Gasteiger partial charge in [0.05, 0.1) is 18.0 Å². The van der Waals surface area contributed by atoms with Crippen molar-refractivity contribution in [1.82, 2.24) is 9.97 Å². The second-order valence-corrected chi connectivity index (χ2v) is 5.58. The number of hydrogen-bond donors (Lipinski definition) is 1. The van der Waals surface area contributed by atoms with E-state index < -0.39 is 3.79 Å². The predicted molar refractivity (Wildman–Crippen MR) is 68.2 cm³/mol. The van der Waals surface area contributed by atoms with Gasteiger partial charge in [-0.05, 0) is 18.2 Å². The highest BCUT2D eigenvalue weighted by atomic mass is 35.6. The number of aromatic nitrogens is 2. The van der Waals surface area contributed by atoms with Crippen LogP contribution in [0.3, 0.4) is 0 Å². The third kappa shape index (κ3) is 2.49. The van der Waals surface area contributed by atoms with Gasteiger partial charge < -0.3 is 9.72 Å². The van der Waals surface area contributed by atoms with Gasteiger partial charge in [0.15, 0.2) is 5.82 Å². The average molecular weight is 294 g/mol. The lowest BCUT2D eigenvalue weighted by Gasteiger charge is -2.10. The predicted octanol–water partition coefficient (Wildman–Crippen LogP) is 2.76. The number of nitrogens with zero attached hydrogens (tertiary/aromatic N) is 1. The zero-order valence-corrected chi connectivity index (χ0v) is 10.9. The summed E-state index contributed by atoms with van der Waals surface area (Å²) in [7, 11) is 1.51. The van der Waals surface area contributed by atoms with Crippen LogP contribution in [-0.4, -0.2) is 17.1 Å². The maximum Gasteiger partial charge on any atom is 0.259 e. The van der Waals surface area contributed by atoms with Gasteiger partial charge in [0.25, 0.3) is 5.56 Å².